The first-order valence-electron chi connectivity index (χ1n) is 3.92. The molecule has 0 bridgehead atoms. The second-order valence-corrected chi connectivity index (χ2v) is 3.76. The molecule has 0 N–H and O–H groups in total. The van der Waals surface area contributed by atoms with Gasteiger partial charge in [0.1, 0.15) is 5.56 Å². The molecule has 1 rings (SSSR count). The fraction of sp³-hybridized carbons (Fsp3) is 0. The Kier molecular flexibility index (Phi) is 4.29. The van der Waals surface area contributed by atoms with Crippen molar-refractivity contribution in [1.29, 1.82) is 0 Å². The Balaban J connectivity index is 3.41. The highest BCUT2D eigenvalue weighted by Crippen LogP contribution is 2.30. The maximum atomic E-state index is 11.5. The van der Waals surface area contributed by atoms with Crippen LogP contribution in [-0.2, 0) is 0 Å². The van der Waals surface area contributed by atoms with Gasteiger partial charge in [0.2, 0.25) is 0 Å². The molecule has 0 atom stereocenters. The molecule has 0 aliphatic rings. The number of benzene rings is 1. The van der Waals surface area contributed by atoms with Gasteiger partial charge in [0.25, 0.3) is 5.69 Å². The number of nitrogens with zero attached hydrogens (tertiary/aromatic N) is 1. The zero-order valence-corrected chi connectivity index (χ0v) is 9.88. The van der Waals surface area contributed by atoms with E-state index in [9.17, 15) is 14.9 Å². The number of hydrogen-bond acceptors (Lipinski definition) is 3. The summed E-state index contributed by atoms with van der Waals surface area (Å²) in [5, 5.41) is 10.8. The third kappa shape index (κ3) is 2.72. The Morgan fingerprint density at radius 3 is 2.38 bits per heavy atom. The average Bonchev–Trinajstić information content (AvgIpc) is 2.21. The molecule has 7 heteroatoms. The summed E-state index contributed by atoms with van der Waals surface area (Å²) in [5.74, 6) is -0.611. The number of carbonyl (C=O) groups is 1. The van der Waals surface area contributed by atoms with E-state index < -0.39 is 16.4 Å². The second-order valence-electron chi connectivity index (χ2n) is 2.70. The van der Waals surface area contributed by atoms with Crippen molar-refractivity contribution in [2.45, 2.75) is 0 Å². The molecule has 0 saturated heterocycles. The first-order valence-corrected chi connectivity index (χ1v) is 5.11. The van der Waals surface area contributed by atoms with E-state index in [4.69, 9.17) is 34.8 Å². The molecule has 0 aliphatic carbocycles. The third-order valence-corrected chi connectivity index (χ3v) is 2.56. The van der Waals surface area contributed by atoms with Gasteiger partial charge in [0.15, 0.2) is 5.78 Å². The van der Waals surface area contributed by atoms with E-state index in [-0.39, 0.29) is 15.6 Å². The molecule has 0 amide bonds. The number of halogens is 3. The van der Waals surface area contributed by atoms with Crippen LogP contribution in [0.3, 0.4) is 0 Å². The fourth-order valence-electron chi connectivity index (χ4n) is 1.03. The van der Waals surface area contributed by atoms with Crippen LogP contribution in [0.4, 0.5) is 5.69 Å². The van der Waals surface area contributed by atoms with Gasteiger partial charge in [-0.3, -0.25) is 14.9 Å². The average molecular weight is 280 g/mol. The monoisotopic (exact) mass is 279 g/mol. The van der Waals surface area contributed by atoms with Gasteiger partial charge in [-0.25, -0.2) is 0 Å². The van der Waals surface area contributed by atoms with Gasteiger partial charge in [-0.2, -0.15) is 0 Å². The number of rotatable bonds is 3. The van der Waals surface area contributed by atoms with Gasteiger partial charge in [-0.05, 0) is 12.1 Å². The summed E-state index contributed by atoms with van der Waals surface area (Å²) in [4.78, 5) is 21.4. The zero-order chi connectivity index (χ0) is 12.3. The standard InChI is InChI=1S/C9H4Cl3NO3/c10-2-1-9(14)5-3-6(11)7(12)4-8(5)13(15)16/h1-4H/b2-1+. The van der Waals surface area contributed by atoms with Gasteiger partial charge in [-0.1, -0.05) is 34.8 Å². The molecule has 0 fully saturated rings. The summed E-state index contributed by atoms with van der Waals surface area (Å²) in [5.41, 5.74) is 0.402. The highest BCUT2D eigenvalue weighted by molar-refractivity contribution is 6.42. The lowest BCUT2D eigenvalue weighted by Gasteiger charge is -2.01. The summed E-state index contributed by atoms with van der Waals surface area (Å²) >= 11 is 16.5. The molecule has 4 nitrogen and oxygen atoms in total. The quantitative estimate of drug-likeness (QED) is 0.366. The van der Waals surface area contributed by atoms with Crippen LogP contribution in [0.25, 0.3) is 0 Å². The molecule has 1 aromatic carbocycles. The minimum atomic E-state index is -0.711. The Labute approximate surface area is 106 Å². The van der Waals surface area contributed by atoms with E-state index in [2.05, 4.69) is 0 Å². The smallest absolute Gasteiger partial charge is 0.282 e. The van der Waals surface area contributed by atoms with Gasteiger partial charge in [0, 0.05) is 11.6 Å². The van der Waals surface area contributed by atoms with E-state index in [1.165, 1.54) is 0 Å². The maximum Gasteiger partial charge on any atom is 0.282 e. The highest BCUT2D eigenvalue weighted by Gasteiger charge is 2.20. The molecular formula is C9H4Cl3NO3. The van der Waals surface area contributed by atoms with E-state index in [1.54, 1.807) is 0 Å². The number of allylic oxidation sites excluding steroid dienone is 1. The topological polar surface area (TPSA) is 60.2 Å². The maximum absolute atomic E-state index is 11.5. The predicted molar refractivity (Wildman–Crippen MR) is 62.4 cm³/mol. The van der Waals surface area contributed by atoms with Gasteiger partial charge in [0.05, 0.1) is 15.0 Å². The van der Waals surface area contributed by atoms with Crippen LogP contribution in [-0.4, -0.2) is 10.7 Å². The SMILES string of the molecule is O=C(/C=C/Cl)c1cc(Cl)c(Cl)cc1[N+](=O)[O-]. The van der Waals surface area contributed by atoms with Crippen LogP contribution in [0.15, 0.2) is 23.7 Å². The van der Waals surface area contributed by atoms with Crippen molar-refractivity contribution >= 4 is 46.3 Å². The minimum Gasteiger partial charge on any atom is -0.289 e. The van der Waals surface area contributed by atoms with Crippen LogP contribution >= 0.6 is 34.8 Å². The van der Waals surface area contributed by atoms with Crippen LogP contribution in [0.2, 0.25) is 10.0 Å². The second kappa shape index (κ2) is 5.30. The van der Waals surface area contributed by atoms with Crippen LogP contribution < -0.4 is 0 Å². The van der Waals surface area contributed by atoms with E-state index in [0.717, 1.165) is 23.7 Å². The van der Waals surface area contributed by atoms with Crippen LogP contribution in [0.5, 0.6) is 0 Å². The van der Waals surface area contributed by atoms with Crippen molar-refractivity contribution in [3.63, 3.8) is 0 Å². The summed E-state index contributed by atoms with van der Waals surface area (Å²) in [6.45, 7) is 0. The number of nitro groups is 1. The number of hydrogen-bond donors (Lipinski definition) is 0. The van der Waals surface area contributed by atoms with Crippen molar-refractivity contribution in [3.05, 3.63) is 49.5 Å². The van der Waals surface area contributed by atoms with Crippen molar-refractivity contribution in [1.82, 2.24) is 0 Å². The lowest BCUT2D eigenvalue weighted by atomic mass is 10.1. The largest absolute Gasteiger partial charge is 0.289 e. The molecule has 16 heavy (non-hydrogen) atoms. The molecule has 1 aromatic rings. The molecule has 0 spiro atoms. The summed E-state index contributed by atoms with van der Waals surface area (Å²) < 4.78 is 0. The Morgan fingerprint density at radius 2 is 1.88 bits per heavy atom. The van der Waals surface area contributed by atoms with Crippen LogP contribution in [0.1, 0.15) is 10.4 Å². The third-order valence-electron chi connectivity index (χ3n) is 1.72. The molecular weight excluding hydrogens is 276 g/mol. The number of nitro benzene ring substituents is 1. The van der Waals surface area contributed by atoms with E-state index >= 15 is 0 Å². The van der Waals surface area contributed by atoms with E-state index in [0.29, 0.717) is 0 Å². The van der Waals surface area contributed by atoms with Gasteiger partial charge >= 0.3 is 0 Å². The summed E-state index contributed by atoms with van der Waals surface area (Å²) in [6, 6.07) is 2.17. The number of ketones is 1. The lowest BCUT2D eigenvalue weighted by Crippen LogP contribution is -2.01. The Morgan fingerprint density at radius 1 is 1.31 bits per heavy atom. The highest BCUT2D eigenvalue weighted by atomic mass is 35.5. The molecule has 0 saturated carbocycles. The molecule has 0 heterocycles. The zero-order valence-electron chi connectivity index (χ0n) is 7.62. The molecule has 0 unspecified atom stereocenters. The van der Waals surface area contributed by atoms with Gasteiger partial charge in [-0.15, -0.1) is 0 Å². The first-order chi connectivity index (χ1) is 7.47. The van der Waals surface area contributed by atoms with Crippen molar-refractivity contribution in [2.24, 2.45) is 0 Å². The first kappa shape index (κ1) is 13.0. The normalized spacial score (nSPS) is 10.7. The molecule has 0 aliphatic heterocycles. The fourth-order valence-corrected chi connectivity index (χ4v) is 1.47. The van der Waals surface area contributed by atoms with Crippen molar-refractivity contribution in [2.75, 3.05) is 0 Å². The molecule has 84 valence electrons. The lowest BCUT2D eigenvalue weighted by molar-refractivity contribution is -0.385. The van der Waals surface area contributed by atoms with Crippen molar-refractivity contribution < 1.29 is 9.72 Å². The predicted octanol–water partition coefficient (Wildman–Crippen LogP) is 3.84. The number of carbonyl (C=O) groups excluding carboxylic acids is 1. The Hall–Kier alpha value is -1.10. The van der Waals surface area contributed by atoms with Crippen LogP contribution in [0, 0.1) is 10.1 Å². The summed E-state index contributed by atoms with van der Waals surface area (Å²) in [6.07, 6.45) is 0.994. The van der Waals surface area contributed by atoms with E-state index in [1.807, 2.05) is 0 Å². The van der Waals surface area contributed by atoms with Crippen molar-refractivity contribution in [3.8, 4) is 0 Å². The molecule has 0 aromatic heterocycles. The Bertz CT molecular complexity index is 485. The summed E-state index contributed by atoms with van der Waals surface area (Å²) in [7, 11) is 0. The molecule has 0 radical (unpaired) electrons. The minimum absolute atomic E-state index is 0.0137. The van der Waals surface area contributed by atoms with Gasteiger partial charge < -0.3 is 0 Å².